The van der Waals surface area contributed by atoms with Crippen molar-refractivity contribution in [2.24, 2.45) is 5.73 Å². The second-order valence-corrected chi connectivity index (χ2v) is 4.21. The summed E-state index contributed by atoms with van der Waals surface area (Å²) in [5.74, 6) is 2.26. The Morgan fingerprint density at radius 2 is 2.11 bits per heavy atom. The van der Waals surface area contributed by atoms with E-state index in [0.717, 1.165) is 22.8 Å². The van der Waals surface area contributed by atoms with Gasteiger partial charge in [0, 0.05) is 0 Å². The Labute approximate surface area is 113 Å². The molecule has 0 aliphatic carbocycles. The summed E-state index contributed by atoms with van der Waals surface area (Å²) >= 11 is 0. The zero-order valence-corrected chi connectivity index (χ0v) is 11.3. The molecule has 2 N–H and O–H groups in total. The van der Waals surface area contributed by atoms with E-state index in [1.807, 2.05) is 37.3 Å². The number of para-hydroxylation sites is 1. The van der Waals surface area contributed by atoms with Crippen molar-refractivity contribution in [2.75, 3.05) is 13.7 Å². The molecular weight excluding hydrogens is 242 g/mol. The summed E-state index contributed by atoms with van der Waals surface area (Å²) in [6, 6.07) is 9.34. The van der Waals surface area contributed by atoms with Crippen LogP contribution in [0.2, 0.25) is 0 Å². The van der Waals surface area contributed by atoms with Gasteiger partial charge in [-0.1, -0.05) is 12.1 Å². The predicted octanol–water partition coefficient (Wildman–Crippen LogP) is 2.93. The summed E-state index contributed by atoms with van der Waals surface area (Å²) < 4.78 is 16.3. The first-order chi connectivity index (χ1) is 9.26. The van der Waals surface area contributed by atoms with Crippen LogP contribution < -0.4 is 15.2 Å². The minimum Gasteiger partial charge on any atom is -0.493 e. The highest BCUT2D eigenvalue weighted by Crippen LogP contribution is 2.33. The Morgan fingerprint density at radius 3 is 2.74 bits per heavy atom. The van der Waals surface area contributed by atoms with Crippen LogP contribution in [-0.4, -0.2) is 13.7 Å². The summed E-state index contributed by atoms with van der Waals surface area (Å²) in [7, 11) is 1.63. The van der Waals surface area contributed by atoms with Gasteiger partial charge in [-0.25, -0.2) is 0 Å². The van der Waals surface area contributed by atoms with Crippen LogP contribution in [0.5, 0.6) is 11.5 Å². The number of ether oxygens (including phenoxy) is 2. The molecular formula is C15H19NO3. The van der Waals surface area contributed by atoms with Crippen molar-refractivity contribution in [1.82, 2.24) is 0 Å². The first kappa shape index (κ1) is 13.5. The molecule has 0 radical (unpaired) electrons. The van der Waals surface area contributed by atoms with Gasteiger partial charge in [-0.3, -0.25) is 0 Å². The molecule has 0 fully saturated rings. The highest BCUT2D eigenvalue weighted by atomic mass is 16.5. The van der Waals surface area contributed by atoms with E-state index in [4.69, 9.17) is 19.6 Å². The molecule has 2 rings (SSSR count). The molecule has 1 unspecified atom stereocenters. The van der Waals surface area contributed by atoms with Crippen LogP contribution in [0.15, 0.2) is 41.0 Å². The van der Waals surface area contributed by atoms with Crippen molar-refractivity contribution in [1.29, 1.82) is 0 Å². The maximum atomic E-state index is 6.14. The average molecular weight is 261 g/mol. The van der Waals surface area contributed by atoms with E-state index >= 15 is 0 Å². The van der Waals surface area contributed by atoms with Gasteiger partial charge in [0.2, 0.25) is 0 Å². The summed E-state index contributed by atoms with van der Waals surface area (Å²) in [6.45, 7) is 2.53. The van der Waals surface area contributed by atoms with Gasteiger partial charge in [0.05, 0.1) is 26.0 Å². The van der Waals surface area contributed by atoms with E-state index in [2.05, 4.69) is 0 Å². The Morgan fingerprint density at radius 1 is 1.26 bits per heavy atom. The molecule has 0 aliphatic rings. The maximum absolute atomic E-state index is 6.14. The number of benzene rings is 1. The lowest BCUT2D eigenvalue weighted by molar-refractivity contribution is 0.306. The average Bonchev–Trinajstić information content (AvgIpc) is 2.95. The lowest BCUT2D eigenvalue weighted by atomic mass is 10.0. The van der Waals surface area contributed by atoms with E-state index in [1.165, 1.54) is 0 Å². The first-order valence-corrected chi connectivity index (χ1v) is 6.34. The van der Waals surface area contributed by atoms with Gasteiger partial charge >= 0.3 is 0 Å². The third-order valence-corrected chi connectivity index (χ3v) is 2.92. The van der Waals surface area contributed by atoms with Crippen LogP contribution in [-0.2, 0) is 6.42 Å². The highest BCUT2D eigenvalue weighted by molar-refractivity contribution is 5.47. The Kier molecular flexibility index (Phi) is 4.47. The highest BCUT2D eigenvalue weighted by Gasteiger charge is 2.15. The van der Waals surface area contributed by atoms with Crippen molar-refractivity contribution in [3.05, 3.63) is 47.9 Å². The van der Waals surface area contributed by atoms with Gasteiger partial charge in [-0.05, 0) is 37.1 Å². The van der Waals surface area contributed by atoms with E-state index < -0.39 is 0 Å². The molecule has 0 saturated heterocycles. The van der Waals surface area contributed by atoms with Crippen molar-refractivity contribution in [3.63, 3.8) is 0 Å². The molecule has 1 aromatic carbocycles. The van der Waals surface area contributed by atoms with E-state index in [1.54, 1.807) is 13.4 Å². The van der Waals surface area contributed by atoms with Gasteiger partial charge in [-0.15, -0.1) is 0 Å². The molecule has 2 aromatic rings. The topological polar surface area (TPSA) is 57.6 Å². The molecule has 19 heavy (non-hydrogen) atoms. The monoisotopic (exact) mass is 261 g/mol. The quantitative estimate of drug-likeness (QED) is 0.868. The summed E-state index contributed by atoms with van der Waals surface area (Å²) in [5, 5.41) is 0. The molecule has 0 aliphatic heterocycles. The van der Waals surface area contributed by atoms with Crippen LogP contribution in [0.4, 0.5) is 0 Å². The SMILES string of the molecule is CCOc1c(CC(N)c2ccco2)cccc1OC. The zero-order chi connectivity index (χ0) is 13.7. The first-order valence-electron chi connectivity index (χ1n) is 6.34. The molecule has 4 heteroatoms. The lowest BCUT2D eigenvalue weighted by Crippen LogP contribution is -2.13. The third-order valence-electron chi connectivity index (χ3n) is 2.92. The molecule has 0 spiro atoms. The molecule has 1 heterocycles. The fourth-order valence-electron chi connectivity index (χ4n) is 2.03. The Bertz CT molecular complexity index is 508. The van der Waals surface area contributed by atoms with E-state index in [-0.39, 0.29) is 6.04 Å². The largest absolute Gasteiger partial charge is 0.493 e. The van der Waals surface area contributed by atoms with Gasteiger partial charge in [0.25, 0.3) is 0 Å². The van der Waals surface area contributed by atoms with Crippen molar-refractivity contribution >= 4 is 0 Å². The molecule has 0 amide bonds. The molecule has 102 valence electrons. The van der Waals surface area contributed by atoms with Gasteiger partial charge in [-0.2, -0.15) is 0 Å². The zero-order valence-electron chi connectivity index (χ0n) is 11.3. The normalized spacial score (nSPS) is 12.2. The van der Waals surface area contributed by atoms with Gasteiger partial charge in [0.15, 0.2) is 11.5 Å². The van der Waals surface area contributed by atoms with Crippen LogP contribution >= 0.6 is 0 Å². The Hall–Kier alpha value is -1.94. The summed E-state index contributed by atoms with van der Waals surface area (Å²) in [4.78, 5) is 0. The number of hydrogen-bond acceptors (Lipinski definition) is 4. The van der Waals surface area contributed by atoms with E-state index in [9.17, 15) is 0 Å². The molecule has 1 aromatic heterocycles. The molecule has 1 atom stereocenters. The molecule has 4 nitrogen and oxygen atoms in total. The lowest BCUT2D eigenvalue weighted by Gasteiger charge is -2.16. The minimum atomic E-state index is -0.193. The maximum Gasteiger partial charge on any atom is 0.164 e. The molecule has 0 bridgehead atoms. The van der Waals surface area contributed by atoms with Crippen LogP contribution in [0.1, 0.15) is 24.3 Å². The second kappa shape index (κ2) is 6.29. The van der Waals surface area contributed by atoms with Gasteiger partial charge < -0.3 is 19.6 Å². The minimum absolute atomic E-state index is 0.193. The van der Waals surface area contributed by atoms with Crippen LogP contribution in [0.3, 0.4) is 0 Å². The fraction of sp³-hybridized carbons (Fsp3) is 0.333. The van der Waals surface area contributed by atoms with Crippen molar-refractivity contribution in [2.45, 2.75) is 19.4 Å². The van der Waals surface area contributed by atoms with Crippen LogP contribution in [0, 0.1) is 0 Å². The van der Waals surface area contributed by atoms with Gasteiger partial charge in [0.1, 0.15) is 5.76 Å². The Balaban J connectivity index is 2.24. The number of hydrogen-bond donors (Lipinski definition) is 1. The number of methoxy groups -OCH3 is 1. The predicted molar refractivity (Wildman–Crippen MR) is 73.5 cm³/mol. The van der Waals surface area contributed by atoms with Crippen LogP contribution in [0.25, 0.3) is 0 Å². The van der Waals surface area contributed by atoms with Crippen molar-refractivity contribution in [3.8, 4) is 11.5 Å². The number of furan rings is 1. The summed E-state index contributed by atoms with van der Waals surface area (Å²) in [6.07, 6.45) is 2.27. The number of rotatable bonds is 6. The smallest absolute Gasteiger partial charge is 0.164 e. The second-order valence-electron chi connectivity index (χ2n) is 4.21. The third kappa shape index (κ3) is 3.09. The molecule has 0 saturated carbocycles. The summed E-state index contributed by atoms with van der Waals surface area (Å²) in [5.41, 5.74) is 7.16. The standard InChI is InChI=1S/C15H19NO3/c1-3-18-15-11(6-4-7-14(15)17-2)10-12(16)13-8-5-9-19-13/h4-9,12H,3,10,16H2,1-2H3. The number of nitrogens with two attached hydrogens (primary N) is 1. The fourth-order valence-corrected chi connectivity index (χ4v) is 2.03. The van der Waals surface area contributed by atoms with Crippen molar-refractivity contribution < 1.29 is 13.9 Å². The van der Waals surface area contributed by atoms with E-state index in [0.29, 0.717) is 13.0 Å².